The van der Waals surface area contributed by atoms with Gasteiger partial charge in [0.25, 0.3) is 0 Å². The predicted molar refractivity (Wildman–Crippen MR) is 92.2 cm³/mol. The number of hydrogen-bond acceptors (Lipinski definition) is 5. The summed E-state index contributed by atoms with van der Waals surface area (Å²) in [6.45, 7) is 2.53. The Kier molecular flexibility index (Phi) is 4.96. The Hall–Kier alpha value is -2.60. The summed E-state index contributed by atoms with van der Waals surface area (Å²) in [6, 6.07) is 15.9. The normalized spacial score (nSPS) is 10.4. The van der Waals surface area contributed by atoms with Gasteiger partial charge in [-0.25, -0.2) is 4.79 Å². The fraction of sp³-hybridized carbons (Fsp3) is 0.111. The van der Waals surface area contributed by atoms with Gasteiger partial charge < -0.3 is 14.0 Å². The van der Waals surface area contributed by atoms with E-state index in [1.54, 1.807) is 30.3 Å². The maximum absolute atomic E-state index is 12.1. The molecule has 0 radical (unpaired) electrons. The van der Waals surface area contributed by atoms with E-state index in [1.807, 2.05) is 31.2 Å². The van der Waals surface area contributed by atoms with Gasteiger partial charge in [0, 0.05) is 16.1 Å². The van der Waals surface area contributed by atoms with Crippen molar-refractivity contribution in [1.29, 1.82) is 0 Å². The summed E-state index contributed by atoms with van der Waals surface area (Å²) >= 11 is 3.32. The van der Waals surface area contributed by atoms with E-state index in [0.29, 0.717) is 18.1 Å². The van der Waals surface area contributed by atoms with Crippen molar-refractivity contribution >= 4 is 21.9 Å². The number of carbonyl (C=O) groups is 1. The van der Waals surface area contributed by atoms with Crippen LogP contribution in [0.3, 0.4) is 0 Å². The molecule has 1 heterocycles. The third-order valence-electron chi connectivity index (χ3n) is 3.19. The number of nitrogens with zero attached hydrogens (tertiary/aromatic N) is 1. The highest BCUT2D eigenvalue weighted by Crippen LogP contribution is 2.24. The highest BCUT2D eigenvalue weighted by atomic mass is 79.9. The van der Waals surface area contributed by atoms with Crippen LogP contribution in [0.25, 0.3) is 11.3 Å². The third-order valence-corrected chi connectivity index (χ3v) is 3.72. The molecule has 24 heavy (non-hydrogen) atoms. The van der Waals surface area contributed by atoms with Crippen LogP contribution in [0, 0.1) is 0 Å². The van der Waals surface area contributed by atoms with Crippen molar-refractivity contribution in [2.24, 2.45) is 0 Å². The molecular weight excluding hydrogens is 374 g/mol. The SMILES string of the molecule is CCOc1ccc(-c2cc(C(=O)Oc3ccc(Br)cc3)no2)cc1. The number of benzene rings is 2. The van der Waals surface area contributed by atoms with Gasteiger partial charge in [-0.15, -0.1) is 0 Å². The zero-order valence-corrected chi connectivity index (χ0v) is 14.4. The van der Waals surface area contributed by atoms with Crippen molar-refractivity contribution < 1.29 is 18.8 Å². The summed E-state index contributed by atoms with van der Waals surface area (Å²) in [5.41, 5.74) is 0.912. The minimum Gasteiger partial charge on any atom is -0.494 e. The molecule has 0 fully saturated rings. The van der Waals surface area contributed by atoms with E-state index >= 15 is 0 Å². The summed E-state index contributed by atoms with van der Waals surface area (Å²) in [5.74, 6) is 1.13. The molecule has 0 atom stereocenters. The van der Waals surface area contributed by atoms with Gasteiger partial charge in [0.2, 0.25) is 0 Å². The predicted octanol–water partition coefficient (Wildman–Crippen LogP) is 4.72. The second kappa shape index (κ2) is 7.31. The molecule has 0 bridgehead atoms. The van der Waals surface area contributed by atoms with Crippen LogP contribution in [-0.2, 0) is 0 Å². The van der Waals surface area contributed by atoms with Gasteiger partial charge in [-0.1, -0.05) is 21.1 Å². The highest BCUT2D eigenvalue weighted by Gasteiger charge is 2.16. The number of halogens is 1. The smallest absolute Gasteiger partial charge is 0.365 e. The lowest BCUT2D eigenvalue weighted by Gasteiger charge is -2.02. The van der Waals surface area contributed by atoms with Gasteiger partial charge in [-0.05, 0) is 55.5 Å². The minimum atomic E-state index is -0.571. The number of rotatable bonds is 5. The van der Waals surface area contributed by atoms with E-state index < -0.39 is 5.97 Å². The Morgan fingerprint density at radius 2 is 1.75 bits per heavy atom. The van der Waals surface area contributed by atoms with Gasteiger partial charge in [0.1, 0.15) is 11.5 Å². The van der Waals surface area contributed by atoms with Crippen molar-refractivity contribution in [3.8, 4) is 22.8 Å². The second-order valence-corrected chi connectivity index (χ2v) is 5.79. The number of carbonyl (C=O) groups excluding carboxylic acids is 1. The Morgan fingerprint density at radius 1 is 1.08 bits per heavy atom. The van der Waals surface area contributed by atoms with Crippen LogP contribution in [0.15, 0.2) is 63.6 Å². The molecule has 5 nitrogen and oxygen atoms in total. The third kappa shape index (κ3) is 3.83. The zero-order chi connectivity index (χ0) is 16.9. The van der Waals surface area contributed by atoms with E-state index in [4.69, 9.17) is 14.0 Å². The van der Waals surface area contributed by atoms with Gasteiger partial charge in [0.05, 0.1) is 6.61 Å². The van der Waals surface area contributed by atoms with Crippen molar-refractivity contribution in [1.82, 2.24) is 5.16 Å². The van der Waals surface area contributed by atoms with Crippen LogP contribution in [0.5, 0.6) is 11.5 Å². The Labute approximate surface area is 147 Å². The molecule has 1 aromatic heterocycles. The summed E-state index contributed by atoms with van der Waals surface area (Å²) in [7, 11) is 0. The van der Waals surface area contributed by atoms with E-state index in [1.165, 1.54) is 0 Å². The molecule has 0 saturated carbocycles. The second-order valence-electron chi connectivity index (χ2n) is 4.88. The zero-order valence-electron chi connectivity index (χ0n) is 12.9. The molecule has 6 heteroatoms. The molecule has 3 aromatic rings. The Bertz CT molecular complexity index is 825. The Morgan fingerprint density at radius 3 is 2.42 bits per heavy atom. The summed E-state index contributed by atoms with van der Waals surface area (Å²) in [6.07, 6.45) is 0. The Balaban J connectivity index is 1.72. The fourth-order valence-electron chi connectivity index (χ4n) is 2.05. The molecule has 0 spiro atoms. The van der Waals surface area contributed by atoms with E-state index in [9.17, 15) is 4.79 Å². The van der Waals surface area contributed by atoms with E-state index in [0.717, 1.165) is 15.8 Å². The molecule has 3 rings (SSSR count). The molecule has 122 valence electrons. The van der Waals surface area contributed by atoms with Gasteiger partial charge >= 0.3 is 5.97 Å². The summed E-state index contributed by atoms with van der Waals surface area (Å²) in [4.78, 5) is 12.1. The lowest BCUT2D eigenvalue weighted by Crippen LogP contribution is -2.08. The quantitative estimate of drug-likeness (QED) is 0.468. The molecule has 0 aliphatic heterocycles. The fourth-order valence-corrected chi connectivity index (χ4v) is 2.32. The first-order valence-electron chi connectivity index (χ1n) is 7.33. The maximum Gasteiger partial charge on any atom is 0.365 e. The van der Waals surface area contributed by atoms with Gasteiger partial charge in [-0.3, -0.25) is 0 Å². The first kappa shape index (κ1) is 16.3. The largest absolute Gasteiger partial charge is 0.494 e. The molecule has 0 N–H and O–H groups in total. The van der Waals surface area contributed by atoms with Gasteiger partial charge in [0.15, 0.2) is 11.5 Å². The van der Waals surface area contributed by atoms with Crippen LogP contribution in [0.1, 0.15) is 17.4 Å². The van der Waals surface area contributed by atoms with Crippen LogP contribution >= 0.6 is 15.9 Å². The van der Waals surface area contributed by atoms with Crippen molar-refractivity contribution in [2.45, 2.75) is 6.92 Å². The van der Waals surface area contributed by atoms with E-state index in [-0.39, 0.29) is 5.69 Å². The van der Waals surface area contributed by atoms with Crippen LogP contribution in [0.4, 0.5) is 0 Å². The average Bonchev–Trinajstić information content (AvgIpc) is 3.08. The van der Waals surface area contributed by atoms with E-state index in [2.05, 4.69) is 21.1 Å². The lowest BCUT2D eigenvalue weighted by atomic mass is 10.1. The first-order chi connectivity index (χ1) is 11.7. The monoisotopic (exact) mass is 387 g/mol. The number of hydrogen-bond donors (Lipinski definition) is 0. The topological polar surface area (TPSA) is 61.6 Å². The van der Waals surface area contributed by atoms with Crippen LogP contribution < -0.4 is 9.47 Å². The molecule has 0 aliphatic carbocycles. The molecular formula is C18H14BrNO4. The minimum absolute atomic E-state index is 0.113. The number of aromatic nitrogens is 1. The van der Waals surface area contributed by atoms with Crippen molar-refractivity contribution in [3.05, 3.63) is 64.8 Å². The highest BCUT2D eigenvalue weighted by molar-refractivity contribution is 9.10. The standard InChI is InChI=1S/C18H14BrNO4/c1-2-22-14-7-3-12(4-8-14)17-11-16(20-24-17)18(21)23-15-9-5-13(19)6-10-15/h3-11H,2H2,1H3. The molecule has 0 unspecified atom stereocenters. The average molecular weight is 388 g/mol. The molecule has 0 amide bonds. The van der Waals surface area contributed by atoms with Crippen molar-refractivity contribution in [2.75, 3.05) is 6.61 Å². The van der Waals surface area contributed by atoms with Crippen molar-refractivity contribution in [3.63, 3.8) is 0 Å². The molecule has 2 aromatic carbocycles. The van der Waals surface area contributed by atoms with Gasteiger partial charge in [-0.2, -0.15) is 0 Å². The maximum atomic E-state index is 12.1. The number of esters is 1. The molecule has 0 aliphatic rings. The number of ether oxygens (including phenoxy) is 2. The molecule has 0 saturated heterocycles. The van der Waals surface area contributed by atoms with Crippen LogP contribution in [-0.4, -0.2) is 17.7 Å². The summed E-state index contributed by atoms with van der Waals surface area (Å²) < 4.78 is 16.8. The van der Waals surface area contributed by atoms with Crippen LogP contribution in [0.2, 0.25) is 0 Å². The first-order valence-corrected chi connectivity index (χ1v) is 8.12. The lowest BCUT2D eigenvalue weighted by molar-refractivity contribution is 0.0724. The summed E-state index contributed by atoms with van der Waals surface area (Å²) in [5, 5.41) is 3.77.